The number of hydrogen-bond donors (Lipinski definition) is 1. The van der Waals surface area contributed by atoms with Crippen LogP contribution in [0.25, 0.3) is 0 Å². The van der Waals surface area contributed by atoms with E-state index in [0.29, 0.717) is 23.9 Å². The van der Waals surface area contributed by atoms with Gasteiger partial charge in [-0.25, -0.2) is 4.79 Å². The number of likely N-dealkylation sites (tertiary alicyclic amines) is 1. The average Bonchev–Trinajstić information content (AvgIpc) is 2.93. The van der Waals surface area contributed by atoms with Crippen molar-refractivity contribution in [2.45, 2.75) is 32.4 Å². The second-order valence-corrected chi connectivity index (χ2v) is 4.95. The van der Waals surface area contributed by atoms with E-state index in [1.165, 1.54) is 13.4 Å². The molecule has 6 nitrogen and oxygen atoms in total. The van der Waals surface area contributed by atoms with E-state index in [-0.39, 0.29) is 5.91 Å². The van der Waals surface area contributed by atoms with Gasteiger partial charge in [-0.15, -0.1) is 0 Å². The first-order valence-electron chi connectivity index (χ1n) is 6.74. The summed E-state index contributed by atoms with van der Waals surface area (Å²) >= 11 is 0. The van der Waals surface area contributed by atoms with Crippen LogP contribution in [0.2, 0.25) is 0 Å². The SMILES string of the molecule is COC(=O)c1coc(CNC2CCN(C(C)=O)CC2)c1. The lowest BCUT2D eigenvalue weighted by molar-refractivity contribution is -0.129. The second-order valence-electron chi connectivity index (χ2n) is 4.95. The molecular formula is C14H20N2O4. The maximum absolute atomic E-state index is 11.3. The number of ether oxygens (including phenoxy) is 1. The fraction of sp³-hybridized carbons (Fsp3) is 0.571. The zero-order valence-electron chi connectivity index (χ0n) is 11.8. The molecule has 1 fully saturated rings. The lowest BCUT2D eigenvalue weighted by Crippen LogP contribution is -2.43. The number of methoxy groups -OCH3 is 1. The number of carbonyl (C=O) groups is 2. The number of hydrogen-bond acceptors (Lipinski definition) is 5. The molecule has 2 rings (SSSR count). The largest absolute Gasteiger partial charge is 0.467 e. The highest BCUT2D eigenvalue weighted by Crippen LogP contribution is 2.13. The first-order chi connectivity index (χ1) is 9.60. The van der Waals surface area contributed by atoms with E-state index in [0.717, 1.165) is 25.9 Å². The molecule has 0 spiro atoms. The molecule has 1 aliphatic heterocycles. The highest BCUT2D eigenvalue weighted by molar-refractivity contribution is 5.88. The van der Waals surface area contributed by atoms with Crippen LogP contribution >= 0.6 is 0 Å². The second kappa shape index (κ2) is 6.56. The maximum Gasteiger partial charge on any atom is 0.341 e. The van der Waals surface area contributed by atoms with Gasteiger partial charge in [0.2, 0.25) is 5.91 Å². The summed E-state index contributed by atoms with van der Waals surface area (Å²) in [5.74, 6) is 0.450. The van der Waals surface area contributed by atoms with Crippen LogP contribution in [0, 0.1) is 0 Å². The standard InChI is InChI=1S/C14H20N2O4/c1-10(17)16-5-3-12(4-6-16)15-8-13-7-11(9-20-13)14(18)19-2/h7,9,12,15H,3-6,8H2,1-2H3. The van der Waals surface area contributed by atoms with Gasteiger partial charge in [0.15, 0.2) is 0 Å². The monoisotopic (exact) mass is 280 g/mol. The number of furan rings is 1. The van der Waals surface area contributed by atoms with Crippen molar-refractivity contribution in [3.8, 4) is 0 Å². The van der Waals surface area contributed by atoms with E-state index in [4.69, 9.17) is 4.42 Å². The Morgan fingerprint density at radius 3 is 2.75 bits per heavy atom. The third-order valence-electron chi connectivity index (χ3n) is 3.58. The Labute approximate surface area is 118 Å². The fourth-order valence-corrected chi connectivity index (χ4v) is 2.34. The van der Waals surface area contributed by atoms with Gasteiger partial charge in [-0.3, -0.25) is 4.79 Å². The van der Waals surface area contributed by atoms with Gasteiger partial charge < -0.3 is 19.4 Å². The molecule has 0 aromatic carbocycles. The van der Waals surface area contributed by atoms with Crippen LogP contribution in [0.3, 0.4) is 0 Å². The van der Waals surface area contributed by atoms with Crippen LogP contribution in [0.4, 0.5) is 0 Å². The molecule has 0 bridgehead atoms. The molecule has 0 saturated carbocycles. The minimum absolute atomic E-state index is 0.136. The highest BCUT2D eigenvalue weighted by Gasteiger charge is 2.20. The molecule has 0 atom stereocenters. The smallest absolute Gasteiger partial charge is 0.341 e. The zero-order valence-corrected chi connectivity index (χ0v) is 11.8. The van der Waals surface area contributed by atoms with Crippen molar-refractivity contribution in [1.82, 2.24) is 10.2 Å². The Kier molecular flexibility index (Phi) is 4.79. The van der Waals surface area contributed by atoms with Crippen molar-refractivity contribution in [3.05, 3.63) is 23.7 Å². The predicted molar refractivity (Wildman–Crippen MR) is 72.2 cm³/mol. The lowest BCUT2D eigenvalue weighted by atomic mass is 10.1. The molecule has 20 heavy (non-hydrogen) atoms. The molecule has 1 N–H and O–H groups in total. The van der Waals surface area contributed by atoms with E-state index in [2.05, 4.69) is 10.1 Å². The topological polar surface area (TPSA) is 71.8 Å². The summed E-state index contributed by atoms with van der Waals surface area (Å²) in [4.78, 5) is 24.4. The van der Waals surface area contributed by atoms with Crippen LogP contribution < -0.4 is 5.32 Å². The molecule has 1 amide bonds. The molecule has 0 aliphatic carbocycles. The minimum atomic E-state index is -0.394. The van der Waals surface area contributed by atoms with Crippen LogP contribution in [0.5, 0.6) is 0 Å². The summed E-state index contributed by atoms with van der Waals surface area (Å²) in [5.41, 5.74) is 0.427. The van der Waals surface area contributed by atoms with E-state index in [1.807, 2.05) is 4.90 Å². The Morgan fingerprint density at radius 2 is 2.15 bits per heavy atom. The van der Waals surface area contributed by atoms with Gasteiger partial charge in [-0.05, 0) is 18.9 Å². The Bertz CT molecular complexity index is 475. The number of nitrogens with zero attached hydrogens (tertiary/aromatic N) is 1. The number of rotatable bonds is 4. The number of piperidine rings is 1. The van der Waals surface area contributed by atoms with E-state index < -0.39 is 5.97 Å². The van der Waals surface area contributed by atoms with Crippen molar-refractivity contribution < 1.29 is 18.7 Å². The predicted octanol–water partition coefficient (Wildman–Crippen LogP) is 1.17. The molecular weight excluding hydrogens is 260 g/mol. The first-order valence-corrected chi connectivity index (χ1v) is 6.74. The van der Waals surface area contributed by atoms with Crippen molar-refractivity contribution in [2.75, 3.05) is 20.2 Å². The molecule has 1 aliphatic rings. The van der Waals surface area contributed by atoms with Gasteiger partial charge in [0.25, 0.3) is 0 Å². The summed E-state index contributed by atoms with van der Waals surface area (Å²) in [5, 5.41) is 3.38. The van der Waals surface area contributed by atoms with E-state index in [1.54, 1.807) is 13.0 Å². The van der Waals surface area contributed by atoms with Crippen LogP contribution in [0.15, 0.2) is 16.7 Å². The van der Waals surface area contributed by atoms with Crippen molar-refractivity contribution in [1.29, 1.82) is 0 Å². The summed E-state index contributed by atoms with van der Waals surface area (Å²) in [6.45, 7) is 3.75. The Morgan fingerprint density at radius 1 is 1.45 bits per heavy atom. The van der Waals surface area contributed by atoms with Gasteiger partial charge in [-0.1, -0.05) is 0 Å². The molecule has 6 heteroatoms. The molecule has 2 heterocycles. The Balaban J connectivity index is 1.77. The summed E-state index contributed by atoms with van der Waals surface area (Å²) < 4.78 is 9.93. The van der Waals surface area contributed by atoms with Crippen LogP contribution in [-0.4, -0.2) is 43.0 Å². The fourth-order valence-electron chi connectivity index (χ4n) is 2.34. The van der Waals surface area contributed by atoms with Crippen molar-refractivity contribution >= 4 is 11.9 Å². The molecule has 1 aromatic heterocycles. The number of carbonyl (C=O) groups excluding carboxylic acids is 2. The summed E-state index contributed by atoms with van der Waals surface area (Å²) in [7, 11) is 1.34. The normalized spacial score (nSPS) is 16.2. The average molecular weight is 280 g/mol. The van der Waals surface area contributed by atoms with Gasteiger partial charge in [0.05, 0.1) is 19.2 Å². The highest BCUT2D eigenvalue weighted by atomic mass is 16.5. The molecule has 0 unspecified atom stereocenters. The van der Waals surface area contributed by atoms with E-state index in [9.17, 15) is 9.59 Å². The summed E-state index contributed by atoms with van der Waals surface area (Å²) in [6, 6.07) is 2.06. The summed E-state index contributed by atoms with van der Waals surface area (Å²) in [6.07, 6.45) is 3.27. The third-order valence-corrected chi connectivity index (χ3v) is 3.58. The van der Waals surface area contributed by atoms with Crippen LogP contribution in [0.1, 0.15) is 35.9 Å². The van der Waals surface area contributed by atoms with Crippen molar-refractivity contribution in [3.63, 3.8) is 0 Å². The zero-order chi connectivity index (χ0) is 14.5. The van der Waals surface area contributed by atoms with Gasteiger partial charge in [0, 0.05) is 26.1 Å². The number of nitrogens with one attached hydrogen (secondary N) is 1. The van der Waals surface area contributed by atoms with Crippen LogP contribution in [-0.2, 0) is 16.1 Å². The Hall–Kier alpha value is -1.82. The number of esters is 1. The van der Waals surface area contributed by atoms with E-state index >= 15 is 0 Å². The molecule has 0 radical (unpaired) electrons. The lowest BCUT2D eigenvalue weighted by Gasteiger charge is -2.31. The van der Waals surface area contributed by atoms with Crippen molar-refractivity contribution in [2.24, 2.45) is 0 Å². The van der Waals surface area contributed by atoms with Gasteiger partial charge in [-0.2, -0.15) is 0 Å². The van der Waals surface area contributed by atoms with Gasteiger partial charge >= 0.3 is 5.97 Å². The first kappa shape index (κ1) is 14.6. The van der Waals surface area contributed by atoms with Gasteiger partial charge in [0.1, 0.15) is 12.0 Å². The minimum Gasteiger partial charge on any atom is -0.467 e. The molecule has 1 aromatic rings. The third kappa shape index (κ3) is 3.60. The number of amides is 1. The molecule has 110 valence electrons. The molecule has 1 saturated heterocycles. The maximum atomic E-state index is 11.3. The quantitative estimate of drug-likeness (QED) is 0.838.